The number of esters is 1. The Labute approximate surface area is 194 Å². The molecule has 1 aliphatic heterocycles. The third kappa shape index (κ3) is 3.68. The molecule has 0 spiro atoms. The molecule has 4 saturated carbocycles. The summed E-state index contributed by atoms with van der Waals surface area (Å²) in [6, 6.07) is 8.30. The summed E-state index contributed by atoms with van der Waals surface area (Å²) in [7, 11) is -3.59. The number of nitrogens with zero attached hydrogens (tertiary/aromatic N) is 1. The molecule has 9 heteroatoms. The van der Waals surface area contributed by atoms with Crippen LogP contribution in [0.2, 0.25) is 0 Å². The van der Waals surface area contributed by atoms with Crippen LogP contribution in [-0.2, 0) is 24.3 Å². The third-order valence-corrected chi connectivity index (χ3v) is 10.5. The van der Waals surface area contributed by atoms with Gasteiger partial charge in [-0.2, -0.15) is 4.31 Å². The second-order valence-corrected chi connectivity index (χ2v) is 12.6. The minimum atomic E-state index is -3.59. The number of benzene rings is 1. The van der Waals surface area contributed by atoms with Gasteiger partial charge in [0, 0.05) is 19.7 Å². The highest BCUT2D eigenvalue weighted by atomic mass is 32.2. The van der Waals surface area contributed by atoms with Crippen LogP contribution in [0.1, 0.15) is 44.9 Å². The monoisotopic (exact) mass is 476 g/mol. The molecule has 33 heavy (non-hydrogen) atoms. The normalized spacial score (nSPS) is 36.6. The number of carbonyl (C=O) groups excluding carboxylic acids is 2. The Morgan fingerprint density at radius 2 is 1.82 bits per heavy atom. The van der Waals surface area contributed by atoms with Crippen molar-refractivity contribution in [1.29, 1.82) is 0 Å². The maximum Gasteiger partial charge on any atom is 0.309 e. The van der Waals surface area contributed by atoms with Crippen LogP contribution >= 0.6 is 0 Å². The van der Waals surface area contributed by atoms with Crippen molar-refractivity contribution < 1.29 is 27.9 Å². The smallest absolute Gasteiger partial charge is 0.309 e. The van der Waals surface area contributed by atoms with Gasteiger partial charge in [-0.1, -0.05) is 18.2 Å². The fourth-order valence-electron chi connectivity index (χ4n) is 7.32. The fraction of sp³-hybridized carbons (Fsp3) is 0.667. The number of primary amides is 1. The van der Waals surface area contributed by atoms with Crippen molar-refractivity contribution in [3.05, 3.63) is 30.3 Å². The molecule has 6 rings (SSSR count). The highest BCUT2D eigenvalue weighted by Gasteiger charge is 2.66. The Kier molecular flexibility index (Phi) is 5.57. The Hall–Kier alpha value is -1.97. The molecule has 180 valence electrons. The van der Waals surface area contributed by atoms with Crippen LogP contribution in [0.3, 0.4) is 0 Å². The molecule has 0 aromatic heterocycles. The standard InChI is InChI=1S/C24H32N2O6S/c25-22(29)24-12-16-10-18(13-23(11-16,14-24)15-27)20(24)32-21(28)17-6-8-26(9-7-17)33(30,31)19-4-2-1-3-5-19/h1-5,16-18,20,27H,6-15H2,(H2,25,29). The van der Waals surface area contributed by atoms with Crippen LogP contribution in [-0.4, -0.2) is 55.5 Å². The van der Waals surface area contributed by atoms with E-state index >= 15 is 0 Å². The number of hydrogen-bond acceptors (Lipinski definition) is 6. The Morgan fingerprint density at radius 1 is 1.12 bits per heavy atom. The summed E-state index contributed by atoms with van der Waals surface area (Å²) in [5.74, 6) is -0.827. The number of nitrogens with two attached hydrogens (primary N) is 1. The highest BCUT2D eigenvalue weighted by Crippen LogP contribution is 2.65. The van der Waals surface area contributed by atoms with Crippen LogP contribution in [0, 0.1) is 28.6 Å². The molecule has 4 aliphatic carbocycles. The second kappa shape index (κ2) is 8.06. The van der Waals surface area contributed by atoms with E-state index in [4.69, 9.17) is 10.5 Å². The lowest BCUT2D eigenvalue weighted by Crippen LogP contribution is -2.66. The average molecular weight is 477 g/mol. The molecule has 1 aromatic rings. The zero-order chi connectivity index (χ0) is 23.4. The van der Waals surface area contributed by atoms with Crippen molar-refractivity contribution in [1.82, 2.24) is 4.31 Å². The van der Waals surface area contributed by atoms with Gasteiger partial charge < -0.3 is 15.6 Å². The number of amides is 1. The first-order chi connectivity index (χ1) is 15.7. The van der Waals surface area contributed by atoms with Crippen LogP contribution in [0.25, 0.3) is 0 Å². The van der Waals surface area contributed by atoms with Crippen LogP contribution in [0.4, 0.5) is 0 Å². The Balaban J connectivity index is 1.27. The van der Waals surface area contributed by atoms with Crippen molar-refractivity contribution in [2.24, 2.45) is 34.3 Å². The fourth-order valence-corrected chi connectivity index (χ4v) is 8.81. The van der Waals surface area contributed by atoms with Gasteiger partial charge in [0.2, 0.25) is 15.9 Å². The second-order valence-electron chi connectivity index (χ2n) is 10.7. The summed E-state index contributed by atoms with van der Waals surface area (Å²) < 4.78 is 33.2. The summed E-state index contributed by atoms with van der Waals surface area (Å²) in [5.41, 5.74) is 4.69. The number of carbonyl (C=O) groups is 2. The van der Waals surface area contributed by atoms with Crippen molar-refractivity contribution in [3.63, 3.8) is 0 Å². The van der Waals surface area contributed by atoms with Gasteiger partial charge in [-0.15, -0.1) is 0 Å². The molecule has 1 aromatic carbocycles. The average Bonchev–Trinajstić information content (AvgIpc) is 2.81. The molecular formula is C24H32N2O6S. The third-order valence-electron chi connectivity index (χ3n) is 8.61. The number of rotatable bonds is 6. The first-order valence-corrected chi connectivity index (χ1v) is 13.3. The topological polar surface area (TPSA) is 127 Å². The number of sulfonamides is 1. The van der Waals surface area contributed by atoms with Gasteiger partial charge in [-0.25, -0.2) is 8.42 Å². The number of aliphatic hydroxyl groups excluding tert-OH is 1. The molecule has 3 N–H and O–H groups in total. The van der Waals surface area contributed by atoms with Gasteiger partial charge >= 0.3 is 5.97 Å². The van der Waals surface area contributed by atoms with Crippen LogP contribution in [0.15, 0.2) is 35.2 Å². The summed E-state index contributed by atoms with van der Waals surface area (Å²) in [6.45, 7) is 0.535. The predicted molar refractivity (Wildman–Crippen MR) is 119 cm³/mol. The minimum Gasteiger partial charge on any atom is -0.461 e. The Bertz CT molecular complexity index is 1040. The van der Waals surface area contributed by atoms with Crippen molar-refractivity contribution in [2.75, 3.05) is 19.7 Å². The van der Waals surface area contributed by atoms with E-state index < -0.39 is 33.4 Å². The quantitative estimate of drug-likeness (QED) is 0.602. The lowest BCUT2D eigenvalue weighted by Gasteiger charge is -2.63. The van der Waals surface area contributed by atoms with Crippen LogP contribution < -0.4 is 5.73 Å². The van der Waals surface area contributed by atoms with Gasteiger partial charge in [0.15, 0.2) is 0 Å². The number of piperidine rings is 1. The van der Waals surface area contributed by atoms with Gasteiger partial charge in [-0.3, -0.25) is 9.59 Å². The first kappa shape index (κ1) is 22.8. The zero-order valence-electron chi connectivity index (χ0n) is 18.7. The minimum absolute atomic E-state index is 0.0318. The van der Waals surface area contributed by atoms with E-state index in [-0.39, 0.29) is 41.9 Å². The van der Waals surface area contributed by atoms with Crippen molar-refractivity contribution >= 4 is 21.9 Å². The largest absolute Gasteiger partial charge is 0.461 e. The van der Waals surface area contributed by atoms with Gasteiger partial charge in [0.1, 0.15) is 6.10 Å². The lowest BCUT2D eigenvalue weighted by molar-refractivity contribution is -0.218. The van der Waals surface area contributed by atoms with Crippen molar-refractivity contribution in [2.45, 2.75) is 55.9 Å². The molecule has 1 saturated heterocycles. The van der Waals surface area contributed by atoms with E-state index in [0.717, 1.165) is 19.3 Å². The predicted octanol–water partition coefficient (Wildman–Crippen LogP) is 1.67. The molecular weight excluding hydrogens is 444 g/mol. The molecule has 0 radical (unpaired) electrons. The van der Waals surface area contributed by atoms with Gasteiger partial charge in [-0.05, 0) is 74.3 Å². The number of hydrogen-bond donors (Lipinski definition) is 2. The van der Waals surface area contributed by atoms with Crippen molar-refractivity contribution in [3.8, 4) is 0 Å². The van der Waals surface area contributed by atoms with Gasteiger partial charge in [0.25, 0.3) is 0 Å². The SMILES string of the molecule is NC(=O)C12CC3CC(CC(CO)(C3)C1)C2OC(=O)C1CCN(S(=O)(=O)c2ccccc2)CC1. The van der Waals surface area contributed by atoms with E-state index in [9.17, 15) is 23.1 Å². The van der Waals surface area contributed by atoms with E-state index in [1.165, 1.54) is 4.31 Å². The zero-order valence-corrected chi connectivity index (χ0v) is 19.5. The molecule has 4 bridgehead atoms. The lowest BCUT2D eigenvalue weighted by atomic mass is 9.43. The molecule has 1 heterocycles. The van der Waals surface area contributed by atoms with Gasteiger partial charge in [0.05, 0.1) is 16.2 Å². The number of ether oxygens (including phenoxy) is 1. The summed E-state index contributed by atoms with van der Waals surface area (Å²) in [6.07, 6.45) is 3.86. The molecule has 5 fully saturated rings. The summed E-state index contributed by atoms with van der Waals surface area (Å²) in [5, 5.41) is 10.1. The summed E-state index contributed by atoms with van der Waals surface area (Å²) in [4.78, 5) is 26.0. The van der Waals surface area contributed by atoms with E-state index in [1.54, 1.807) is 30.3 Å². The molecule has 8 nitrogen and oxygen atoms in total. The number of aliphatic hydroxyl groups is 1. The van der Waals surface area contributed by atoms with E-state index in [0.29, 0.717) is 31.6 Å². The van der Waals surface area contributed by atoms with E-state index in [1.807, 2.05) is 0 Å². The molecule has 5 unspecified atom stereocenters. The van der Waals surface area contributed by atoms with E-state index in [2.05, 4.69) is 0 Å². The molecule has 5 atom stereocenters. The summed E-state index contributed by atoms with van der Waals surface area (Å²) >= 11 is 0. The van der Waals surface area contributed by atoms with Crippen LogP contribution in [0.5, 0.6) is 0 Å². The molecule has 5 aliphatic rings. The Morgan fingerprint density at radius 3 is 2.45 bits per heavy atom. The first-order valence-electron chi connectivity index (χ1n) is 11.9. The molecule has 1 amide bonds. The maximum atomic E-state index is 13.1. The maximum absolute atomic E-state index is 13.1. The highest BCUT2D eigenvalue weighted by molar-refractivity contribution is 7.89.